The molecular weight excluding hydrogens is 529 g/mol. The van der Waals surface area contributed by atoms with E-state index < -0.39 is 5.60 Å². The Hall–Kier alpha value is -2.41. The molecule has 5 rings (SSSR count). The molecule has 1 unspecified atom stereocenters. The van der Waals surface area contributed by atoms with Crippen molar-refractivity contribution in [3.63, 3.8) is 0 Å². The van der Waals surface area contributed by atoms with Crippen LogP contribution in [0.5, 0.6) is 0 Å². The molecule has 0 bridgehead atoms. The highest BCUT2D eigenvalue weighted by Gasteiger charge is 2.39. The Morgan fingerprint density at radius 2 is 1.54 bits per heavy atom. The maximum Gasteiger partial charge on any atom is 0.253 e. The van der Waals surface area contributed by atoms with Gasteiger partial charge in [-0.25, -0.2) is 0 Å². The Morgan fingerprint density at radius 3 is 2.23 bits per heavy atom. The summed E-state index contributed by atoms with van der Waals surface area (Å²) in [5.74, 6) is 0.0758. The molecule has 3 aromatic rings. The Morgan fingerprint density at radius 1 is 0.846 bits per heavy atom. The monoisotopic (exact) mass is 565 g/mol. The minimum absolute atomic E-state index is 0.0758. The molecule has 0 radical (unpaired) electrons. The molecule has 2 aliphatic heterocycles. The van der Waals surface area contributed by atoms with Crippen LogP contribution in [0.15, 0.2) is 78.9 Å². The highest BCUT2D eigenvalue weighted by atomic mass is 35.5. The van der Waals surface area contributed by atoms with Crippen LogP contribution in [0, 0.1) is 0 Å². The van der Waals surface area contributed by atoms with Gasteiger partial charge in [-0.05, 0) is 74.0 Å². The van der Waals surface area contributed by atoms with Crippen molar-refractivity contribution in [2.45, 2.75) is 43.1 Å². The minimum Gasteiger partial charge on any atom is -0.385 e. The second kappa shape index (κ2) is 12.4. The Labute approximate surface area is 241 Å². The molecule has 2 fully saturated rings. The van der Waals surface area contributed by atoms with Crippen LogP contribution < -0.4 is 5.32 Å². The van der Waals surface area contributed by atoms with Crippen molar-refractivity contribution in [1.29, 1.82) is 0 Å². The van der Waals surface area contributed by atoms with Crippen LogP contribution >= 0.6 is 23.2 Å². The van der Waals surface area contributed by atoms with E-state index in [0.717, 1.165) is 81.6 Å². The SMILES string of the molecule is O=C(c1ccccc1)N1CCCC(CCNCN2CCC(O)(c3ccccc3)CC2)(c2ccc(Cl)c(Cl)c2)C1. The minimum atomic E-state index is -0.744. The predicted molar refractivity (Wildman–Crippen MR) is 158 cm³/mol. The second-order valence-electron chi connectivity index (χ2n) is 11.0. The molecule has 2 saturated heterocycles. The van der Waals surface area contributed by atoms with Gasteiger partial charge in [-0.1, -0.05) is 77.8 Å². The molecule has 1 atom stereocenters. The van der Waals surface area contributed by atoms with Gasteiger partial charge in [-0.2, -0.15) is 0 Å². The normalized spacial score (nSPS) is 21.6. The number of nitrogens with zero attached hydrogens (tertiary/aromatic N) is 2. The van der Waals surface area contributed by atoms with Gasteiger partial charge in [0.25, 0.3) is 5.91 Å². The zero-order valence-corrected chi connectivity index (χ0v) is 23.8. The molecule has 0 aromatic heterocycles. The van der Waals surface area contributed by atoms with E-state index in [2.05, 4.69) is 16.3 Å². The summed E-state index contributed by atoms with van der Waals surface area (Å²) in [5, 5.41) is 15.9. The average Bonchev–Trinajstić information content (AvgIpc) is 2.98. The molecule has 39 heavy (non-hydrogen) atoms. The van der Waals surface area contributed by atoms with E-state index in [0.29, 0.717) is 16.6 Å². The van der Waals surface area contributed by atoms with E-state index in [4.69, 9.17) is 23.2 Å². The summed E-state index contributed by atoms with van der Waals surface area (Å²) in [6.45, 7) is 4.67. The number of amides is 1. The summed E-state index contributed by atoms with van der Waals surface area (Å²) < 4.78 is 0. The van der Waals surface area contributed by atoms with E-state index in [9.17, 15) is 9.90 Å². The van der Waals surface area contributed by atoms with Gasteiger partial charge in [0.15, 0.2) is 0 Å². The van der Waals surface area contributed by atoms with Gasteiger partial charge in [-0.3, -0.25) is 9.69 Å². The molecule has 2 heterocycles. The van der Waals surface area contributed by atoms with Crippen molar-refractivity contribution in [3.8, 4) is 0 Å². The summed E-state index contributed by atoms with van der Waals surface area (Å²) in [6, 6.07) is 25.5. The Balaban J connectivity index is 1.23. The second-order valence-corrected chi connectivity index (χ2v) is 11.8. The number of carbonyl (C=O) groups excluding carboxylic acids is 1. The third-order valence-electron chi connectivity index (χ3n) is 8.53. The number of halogens is 2. The first-order chi connectivity index (χ1) is 18.9. The number of carbonyl (C=O) groups is 1. The van der Waals surface area contributed by atoms with Crippen LogP contribution in [-0.4, -0.2) is 60.2 Å². The van der Waals surface area contributed by atoms with Gasteiger partial charge in [0, 0.05) is 43.8 Å². The molecule has 7 heteroatoms. The van der Waals surface area contributed by atoms with Gasteiger partial charge < -0.3 is 15.3 Å². The van der Waals surface area contributed by atoms with E-state index in [1.807, 2.05) is 77.7 Å². The lowest BCUT2D eigenvalue weighted by Crippen LogP contribution is -2.50. The van der Waals surface area contributed by atoms with Crippen LogP contribution in [0.4, 0.5) is 0 Å². The van der Waals surface area contributed by atoms with E-state index in [-0.39, 0.29) is 11.3 Å². The van der Waals surface area contributed by atoms with Crippen molar-refractivity contribution in [1.82, 2.24) is 15.1 Å². The van der Waals surface area contributed by atoms with E-state index in [1.54, 1.807) is 0 Å². The summed E-state index contributed by atoms with van der Waals surface area (Å²) >= 11 is 12.7. The van der Waals surface area contributed by atoms with Crippen LogP contribution in [0.1, 0.15) is 53.6 Å². The zero-order valence-electron chi connectivity index (χ0n) is 22.3. The smallest absolute Gasteiger partial charge is 0.253 e. The molecule has 1 amide bonds. The van der Waals surface area contributed by atoms with Crippen molar-refractivity contribution >= 4 is 29.1 Å². The number of aliphatic hydroxyl groups is 1. The lowest BCUT2D eigenvalue weighted by atomic mass is 9.71. The number of piperidine rings is 2. The number of benzene rings is 3. The Kier molecular flexibility index (Phi) is 8.95. The standard InChI is InChI=1S/C32H37Cl2N3O2/c33-28-13-12-27(22-29(28)34)31(14-7-19-37(23-31)30(38)25-8-3-1-4-9-25)15-18-35-24-36-20-16-32(39,17-21-36)26-10-5-2-6-11-26/h1-6,8-13,22,35,39H,7,14-21,23-24H2. The summed E-state index contributed by atoms with van der Waals surface area (Å²) in [7, 11) is 0. The fourth-order valence-electron chi connectivity index (χ4n) is 6.16. The number of hydrogen-bond acceptors (Lipinski definition) is 4. The fourth-order valence-corrected chi connectivity index (χ4v) is 6.46. The lowest BCUT2D eigenvalue weighted by molar-refractivity contribution is -0.0274. The van der Waals surface area contributed by atoms with Gasteiger partial charge in [0.05, 0.1) is 15.6 Å². The van der Waals surface area contributed by atoms with Gasteiger partial charge >= 0.3 is 0 Å². The molecule has 2 aliphatic rings. The molecule has 0 saturated carbocycles. The van der Waals surface area contributed by atoms with E-state index in [1.165, 1.54) is 0 Å². The van der Waals surface area contributed by atoms with Crippen molar-refractivity contribution in [3.05, 3.63) is 106 Å². The van der Waals surface area contributed by atoms with Crippen molar-refractivity contribution < 1.29 is 9.90 Å². The largest absolute Gasteiger partial charge is 0.385 e. The quantitative estimate of drug-likeness (QED) is 0.324. The molecule has 0 aliphatic carbocycles. The maximum atomic E-state index is 13.4. The van der Waals surface area contributed by atoms with Crippen LogP contribution in [0.2, 0.25) is 10.0 Å². The number of rotatable bonds is 8. The van der Waals surface area contributed by atoms with Crippen LogP contribution in [0.3, 0.4) is 0 Å². The molecule has 5 nitrogen and oxygen atoms in total. The first-order valence-corrected chi connectivity index (χ1v) is 14.7. The van der Waals surface area contributed by atoms with Crippen molar-refractivity contribution in [2.24, 2.45) is 0 Å². The lowest BCUT2D eigenvalue weighted by Gasteiger charge is -2.44. The molecule has 3 aromatic carbocycles. The highest BCUT2D eigenvalue weighted by molar-refractivity contribution is 6.42. The van der Waals surface area contributed by atoms with Gasteiger partial charge in [-0.15, -0.1) is 0 Å². The molecular formula is C32H37Cl2N3O2. The molecule has 206 valence electrons. The first kappa shape index (κ1) is 28.1. The molecule has 0 spiro atoms. The summed E-state index contributed by atoms with van der Waals surface area (Å²) in [5.41, 5.74) is 1.91. The highest BCUT2D eigenvalue weighted by Crippen LogP contribution is 2.40. The van der Waals surface area contributed by atoms with Gasteiger partial charge in [0.2, 0.25) is 0 Å². The number of likely N-dealkylation sites (tertiary alicyclic amines) is 2. The van der Waals surface area contributed by atoms with Crippen molar-refractivity contribution in [2.75, 3.05) is 39.4 Å². The summed E-state index contributed by atoms with van der Waals surface area (Å²) in [4.78, 5) is 17.7. The van der Waals surface area contributed by atoms with E-state index >= 15 is 0 Å². The topological polar surface area (TPSA) is 55.8 Å². The average molecular weight is 567 g/mol. The third kappa shape index (κ3) is 6.50. The van der Waals surface area contributed by atoms with Crippen LogP contribution in [0.25, 0.3) is 0 Å². The number of nitrogens with one attached hydrogen (secondary N) is 1. The predicted octanol–water partition coefficient (Wildman–Crippen LogP) is 6.09. The third-order valence-corrected chi connectivity index (χ3v) is 9.27. The van der Waals surface area contributed by atoms with Gasteiger partial charge in [0.1, 0.15) is 0 Å². The first-order valence-electron chi connectivity index (χ1n) is 13.9. The van der Waals surface area contributed by atoms with Crippen LogP contribution in [-0.2, 0) is 11.0 Å². The Bertz CT molecular complexity index is 1250. The maximum absolute atomic E-state index is 13.4. The zero-order chi connectivity index (χ0) is 27.3. The fraction of sp³-hybridized carbons (Fsp3) is 0.406. The molecule has 2 N–H and O–H groups in total. The number of hydrogen-bond donors (Lipinski definition) is 2. The summed E-state index contributed by atoms with van der Waals surface area (Å²) in [6.07, 6.45) is 4.25.